The summed E-state index contributed by atoms with van der Waals surface area (Å²) < 4.78 is 29.3. The molecule has 0 aromatic carbocycles. The zero-order valence-corrected chi connectivity index (χ0v) is 13.9. The highest BCUT2D eigenvalue weighted by atomic mass is 32.2. The molecule has 0 aliphatic carbocycles. The van der Waals surface area contributed by atoms with Crippen LogP contribution >= 0.6 is 0 Å². The number of carbonyl (C=O) groups is 1. The van der Waals surface area contributed by atoms with Gasteiger partial charge in [0.2, 0.25) is 15.9 Å². The fourth-order valence-corrected chi connectivity index (χ4v) is 3.04. The maximum atomic E-state index is 11.8. The monoisotopic (exact) mass is 321 g/mol. The Bertz CT molecular complexity index is 427. The van der Waals surface area contributed by atoms with Crippen molar-refractivity contribution in [3.05, 3.63) is 0 Å². The van der Waals surface area contributed by atoms with Crippen molar-refractivity contribution in [2.24, 2.45) is 5.92 Å². The maximum Gasteiger partial charge on any atom is 0.235 e. The number of sulfonamides is 1. The zero-order valence-electron chi connectivity index (χ0n) is 13.1. The van der Waals surface area contributed by atoms with Crippen LogP contribution in [0.25, 0.3) is 0 Å². The highest BCUT2D eigenvalue weighted by Gasteiger charge is 2.32. The lowest BCUT2D eigenvalue weighted by Gasteiger charge is -2.19. The Labute approximate surface area is 127 Å². The molecule has 0 aromatic rings. The number of hydrogen-bond acceptors (Lipinski definition) is 5. The van der Waals surface area contributed by atoms with Crippen molar-refractivity contribution < 1.29 is 17.9 Å². The fraction of sp³-hybridized carbons (Fsp3) is 0.923. The number of nitrogens with one attached hydrogen (secondary N) is 2. The number of carbonyl (C=O) groups excluding carboxylic acids is 1. The van der Waals surface area contributed by atoms with Gasteiger partial charge in [-0.3, -0.25) is 9.69 Å². The van der Waals surface area contributed by atoms with Crippen LogP contribution in [0.5, 0.6) is 0 Å². The molecule has 1 fully saturated rings. The van der Waals surface area contributed by atoms with Crippen molar-refractivity contribution in [1.29, 1.82) is 0 Å². The van der Waals surface area contributed by atoms with Crippen LogP contribution in [-0.2, 0) is 19.6 Å². The summed E-state index contributed by atoms with van der Waals surface area (Å²) in [5.74, 6) is 0.133. The molecule has 1 heterocycles. The standard InChI is InChI=1S/C13H27N3O4S/c1-4-5-11-9-16(6-7-20-2)10-12(11)15-13(17)8-14-21(3,18)19/h11-12,14H,4-10H2,1-3H3,(H,15,17)/t11-,12-/m0/s1. The Balaban J connectivity index is 2.47. The van der Waals surface area contributed by atoms with Gasteiger partial charge >= 0.3 is 0 Å². The molecular formula is C13H27N3O4S. The third kappa shape index (κ3) is 7.21. The van der Waals surface area contributed by atoms with Crippen LogP contribution in [0.3, 0.4) is 0 Å². The van der Waals surface area contributed by atoms with Crippen LogP contribution in [0.15, 0.2) is 0 Å². The number of likely N-dealkylation sites (tertiary alicyclic amines) is 1. The Morgan fingerprint density at radius 1 is 1.38 bits per heavy atom. The molecule has 0 unspecified atom stereocenters. The van der Waals surface area contributed by atoms with Gasteiger partial charge in [-0.25, -0.2) is 13.1 Å². The molecule has 1 rings (SSSR count). The van der Waals surface area contributed by atoms with E-state index < -0.39 is 10.0 Å². The normalized spacial score (nSPS) is 23.4. The van der Waals surface area contributed by atoms with Gasteiger partial charge in [0.1, 0.15) is 0 Å². The molecule has 7 nitrogen and oxygen atoms in total. The molecule has 0 saturated carbocycles. The molecule has 0 bridgehead atoms. The lowest BCUT2D eigenvalue weighted by atomic mass is 9.98. The summed E-state index contributed by atoms with van der Waals surface area (Å²) in [7, 11) is -1.66. The van der Waals surface area contributed by atoms with Gasteiger partial charge in [0.25, 0.3) is 0 Å². The van der Waals surface area contributed by atoms with Gasteiger partial charge in [-0.2, -0.15) is 0 Å². The Morgan fingerprint density at radius 2 is 2.10 bits per heavy atom. The van der Waals surface area contributed by atoms with E-state index in [-0.39, 0.29) is 18.5 Å². The Hall–Kier alpha value is -0.700. The molecule has 2 N–H and O–H groups in total. The lowest BCUT2D eigenvalue weighted by Crippen LogP contribution is -2.45. The molecule has 2 atom stereocenters. The minimum absolute atomic E-state index is 0.0793. The molecule has 0 radical (unpaired) electrons. The van der Waals surface area contributed by atoms with E-state index in [1.807, 2.05) is 0 Å². The van der Waals surface area contributed by atoms with E-state index in [1.54, 1.807) is 7.11 Å². The van der Waals surface area contributed by atoms with Gasteiger partial charge in [0.05, 0.1) is 19.4 Å². The fourth-order valence-electron chi connectivity index (χ4n) is 2.64. The lowest BCUT2D eigenvalue weighted by molar-refractivity contribution is -0.120. The van der Waals surface area contributed by atoms with Gasteiger partial charge in [0.15, 0.2) is 0 Å². The van der Waals surface area contributed by atoms with Crippen molar-refractivity contribution in [3.63, 3.8) is 0 Å². The number of ether oxygens (including phenoxy) is 1. The maximum absolute atomic E-state index is 11.8. The summed E-state index contributed by atoms with van der Waals surface area (Å²) in [6, 6.07) is 0.0793. The van der Waals surface area contributed by atoms with Gasteiger partial charge in [-0.05, 0) is 12.3 Å². The summed E-state index contributed by atoms with van der Waals surface area (Å²) in [6.07, 6.45) is 3.16. The zero-order chi connectivity index (χ0) is 15.9. The molecule has 1 aliphatic rings. The highest BCUT2D eigenvalue weighted by Crippen LogP contribution is 2.21. The van der Waals surface area contributed by atoms with E-state index in [0.29, 0.717) is 12.5 Å². The van der Waals surface area contributed by atoms with Crippen molar-refractivity contribution in [2.45, 2.75) is 25.8 Å². The molecule has 0 aromatic heterocycles. The minimum atomic E-state index is -3.34. The SMILES string of the molecule is CCC[C@H]1CN(CCOC)C[C@@H]1NC(=O)CNS(C)(=O)=O. The quantitative estimate of drug-likeness (QED) is 0.592. The van der Waals surface area contributed by atoms with Crippen molar-refractivity contribution >= 4 is 15.9 Å². The van der Waals surface area contributed by atoms with E-state index in [4.69, 9.17) is 4.74 Å². The first-order valence-corrected chi connectivity index (χ1v) is 9.20. The van der Waals surface area contributed by atoms with E-state index in [9.17, 15) is 13.2 Å². The molecule has 0 spiro atoms. The predicted molar refractivity (Wildman–Crippen MR) is 81.5 cm³/mol. The Kier molecular flexibility index (Phi) is 7.58. The third-order valence-electron chi connectivity index (χ3n) is 3.63. The summed E-state index contributed by atoms with van der Waals surface area (Å²) in [5, 5.41) is 2.94. The molecule has 124 valence electrons. The highest BCUT2D eigenvalue weighted by molar-refractivity contribution is 7.88. The molecule has 1 saturated heterocycles. The van der Waals surface area contributed by atoms with Crippen LogP contribution in [0, 0.1) is 5.92 Å². The van der Waals surface area contributed by atoms with Gasteiger partial charge in [0, 0.05) is 32.8 Å². The third-order valence-corrected chi connectivity index (χ3v) is 4.30. The molecule has 21 heavy (non-hydrogen) atoms. The summed E-state index contributed by atoms with van der Waals surface area (Å²) in [4.78, 5) is 14.1. The molecule has 1 aliphatic heterocycles. The first kappa shape index (κ1) is 18.3. The smallest absolute Gasteiger partial charge is 0.235 e. The Morgan fingerprint density at radius 3 is 2.67 bits per heavy atom. The van der Waals surface area contributed by atoms with Gasteiger partial charge in [-0.15, -0.1) is 0 Å². The van der Waals surface area contributed by atoms with E-state index in [2.05, 4.69) is 21.9 Å². The summed E-state index contributed by atoms with van der Waals surface area (Å²) in [6.45, 7) is 5.19. The van der Waals surface area contributed by atoms with Crippen LogP contribution in [-0.4, -0.2) is 71.4 Å². The summed E-state index contributed by atoms with van der Waals surface area (Å²) in [5.41, 5.74) is 0. The number of methoxy groups -OCH3 is 1. The topological polar surface area (TPSA) is 87.7 Å². The number of nitrogens with zero attached hydrogens (tertiary/aromatic N) is 1. The van der Waals surface area contributed by atoms with Crippen LogP contribution in [0.4, 0.5) is 0 Å². The number of hydrogen-bond donors (Lipinski definition) is 2. The first-order valence-electron chi connectivity index (χ1n) is 7.31. The van der Waals surface area contributed by atoms with E-state index >= 15 is 0 Å². The predicted octanol–water partition coefficient (Wildman–Crippen LogP) is -0.601. The number of rotatable bonds is 9. The van der Waals surface area contributed by atoms with E-state index in [0.717, 1.165) is 38.7 Å². The molecular weight excluding hydrogens is 294 g/mol. The average Bonchev–Trinajstić information content (AvgIpc) is 2.76. The van der Waals surface area contributed by atoms with Crippen molar-refractivity contribution in [1.82, 2.24) is 14.9 Å². The van der Waals surface area contributed by atoms with Crippen molar-refractivity contribution in [2.75, 3.05) is 46.2 Å². The van der Waals surface area contributed by atoms with Crippen LogP contribution < -0.4 is 10.0 Å². The minimum Gasteiger partial charge on any atom is -0.383 e. The van der Waals surface area contributed by atoms with Crippen LogP contribution in [0.2, 0.25) is 0 Å². The van der Waals surface area contributed by atoms with Crippen molar-refractivity contribution in [3.8, 4) is 0 Å². The first-order chi connectivity index (χ1) is 9.85. The second-order valence-corrected chi connectivity index (χ2v) is 7.40. The summed E-state index contributed by atoms with van der Waals surface area (Å²) >= 11 is 0. The molecule has 8 heteroatoms. The van der Waals surface area contributed by atoms with Crippen LogP contribution in [0.1, 0.15) is 19.8 Å². The molecule has 1 amide bonds. The second-order valence-electron chi connectivity index (χ2n) is 5.57. The average molecular weight is 321 g/mol. The van der Waals surface area contributed by atoms with E-state index in [1.165, 1.54) is 0 Å². The number of amides is 1. The second kappa shape index (κ2) is 8.67. The van der Waals surface area contributed by atoms with Gasteiger partial charge in [-0.1, -0.05) is 13.3 Å². The largest absolute Gasteiger partial charge is 0.383 e. The van der Waals surface area contributed by atoms with Gasteiger partial charge < -0.3 is 10.1 Å².